The number of hydrogen-bond acceptors (Lipinski definition) is 4. The monoisotopic (exact) mass is 374 g/mol. The molecule has 0 bridgehead atoms. The van der Waals surface area contributed by atoms with Crippen LogP contribution in [-0.4, -0.2) is 38.2 Å². The van der Waals surface area contributed by atoms with Gasteiger partial charge in [-0.1, -0.05) is 42.8 Å². The predicted molar refractivity (Wildman–Crippen MR) is 102 cm³/mol. The number of amides is 1. The molecule has 1 atom stereocenters. The molecule has 0 aromatic heterocycles. The summed E-state index contributed by atoms with van der Waals surface area (Å²) in [6.45, 7) is 2.75. The molecule has 1 unspecified atom stereocenters. The van der Waals surface area contributed by atoms with E-state index in [1.807, 2.05) is 14.1 Å². The van der Waals surface area contributed by atoms with Gasteiger partial charge < -0.3 is 19.7 Å². The van der Waals surface area contributed by atoms with Gasteiger partial charge in [-0.25, -0.2) is 0 Å². The zero-order valence-electron chi connectivity index (χ0n) is 15.2. The highest BCUT2D eigenvalue weighted by molar-refractivity contribution is 6.32. The lowest BCUT2D eigenvalue weighted by molar-refractivity contribution is 0.0941. The number of halogens is 1. The average Bonchev–Trinajstić information content (AvgIpc) is 3.11. The summed E-state index contributed by atoms with van der Waals surface area (Å²) in [5, 5.41) is 3.37. The topological polar surface area (TPSA) is 50.8 Å². The third kappa shape index (κ3) is 3.94. The van der Waals surface area contributed by atoms with Crippen molar-refractivity contribution in [3.8, 4) is 11.5 Å². The third-order valence-corrected chi connectivity index (χ3v) is 4.82. The summed E-state index contributed by atoms with van der Waals surface area (Å²) < 4.78 is 10.6. The summed E-state index contributed by atoms with van der Waals surface area (Å²) in [7, 11) is 4.00. The minimum Gasteiger partial charge on any atom is -0.454 e. The SMILES string of the molecule is CCc1ccc(C(CNC(=O)c2cc(Cl)c3c(c2)OCO3)N(C)C)cc1. The molecule has 1 N–H and O–H groups in total. The number of benzene rings is 2. The number of carbonyl (C=O) groups is 1. The summed E-state index contributed by atoms with van der Waals surface area (Å²) in [5.74, 6) is 0.801. The average molecular weight is 375 g/mol. The van der Waals surface area contributed by atoms with Crippen molar-refractivity contribution in [3.05, 3.63) is 58.1 Å². The molecule has 2 aromatic rings. The first-order chi connectivity index (χ1) is 12.5. The van der Waals surface area contributed by atoms with Crippen LogP contribution in [0.5, 0.6) is 11.5 Å². The van der Waals surface area contributed by atoms with Crippen LogP contribution in [0.4, 0.5) is 0 Å². The van der Waals surface area contributed by atoms with Crippen LogP contribution in [0.2, 0.25) is 5.02 Å². The van der Waals surface area contributed by atoms with Crippen LogP contribution in [0.1, 0.15) is 34.5 Å². The van der Waals surface area contributed by atoms with Crippen LogP contribution in [0.25, 0.3) is 0 Å². The highest BCUT2D eigenvalue weighted by atomic mass is 35.5. The van der Waals surface area contributed by atoms with Crippen LogP contribution in [0, 0.1) is 0 Å². The summed E-state index contributed by atoms with van der Waals surface area (Å²) in [6, 6.07) is 11.8. The van der Waals surface area contributed by atoms with Crippen molar-refractivity contribution in [2.24, 2.45) is 0 Å². The van der Waals surface area contributed by atoms with Gasteiger partial charge in [-0.3, -0.25) is 4.79 Å². The summed E-state index contributed by atoms with van der Waals surface area (Å²) in [6.07, 6.45) is 1.01. The number of carbonyl (C=O) groups excluding carboxylic acids is 1. The summed E-state index contributed by atoms with van der Waals surface area (Å²) in [4.78, 5) is 14.7. The zero-order valence-corrected chi connectivity index (χ0v) is 16.0. The maximum absolute atomic E-state index is 12.6. The third-order valence-electron chi connectivity index (χ3n) is 4.54. The maximum Gasteiger partial charge on any atom is 0.251 e. The van der Waals surface area contributed by atoms with Gasteiger partial charge in [0.25, 0.3) is 5.91 Å². The van der Waals surface area contributed by atoms with E-state index in [2.05, 4.69) is 41.4 Å². The molecule has 0 fully saturated rings. The minimum absolute atomic E-state index is 0.0781. The lowest BCUT2D eigenvalue weighted by atomic mass is 10.0. The first-order valence-corrected chi connectivity index (χ1v) is 9.00. The Bertz CT molecular complexity index is 790. The molecular weight excluding hydrogens is 352 g/mol. The number of ether oxygens (including phenoxy) is 2. The second kappa shape index (κ2) is 7.98. The van der Waals surface area contributed by atoms with Gasteiger partial charge in [-0.2, -0.15) is 0 Å². The standard InChI is InChI=1S/C20H23ClN2O3/c1-4-13-5-7-14(8-6-13)17(23(2)3)11-22-20(24)15-9-16(21)19-18(10-15)25-12-26-19/h5-10,17H,4,11-12H2,1-3H3,(H,22,24). The molecule has 3 rings (SSSR count). The van der Waals surface area contributed by atoms with E-state index in [-0.39, 0.29) is 18.7 Å². The molecule has 1 amide bonds. The number of aryl methyl sites for hydroxylation is 1. The number of nitrogens with one attached hydrogen (secondary N) is 1. The maximum atomic E-state index is 12.6. The second-order valence-corrected chi connectivity index (χ2v) is 6.88. The molecule has 1 heterocycles. The van der Waals surface area contributed by atoms with Crippen molar-refractivity contribution in [2.75, 3.05) is 27.4 Å². The molecule has 1 aliphatic heterocycles. The van der Waals surface area contributed by atoms with E-state index in [0.29, 0.717) is 28.6 Å². The molecule has 2 aromatic carbocycles. The van der Waals surface area contributed by atoms with Gasteiger partial charge in [0, 0.05) is 12.1 Å². The Balaban J connectivity index is 1.71. The van der Waals surface area contributed by atoms with Gasteiger partial charge in [0.1, 0.15) is 0 Å². The lowest BCUT2D eigenvalue weighted by Crippen LogP contribution is -2.34. The van der Waals surface area contributed by atoms with Crippen molar-refractivity contribution in [2.45, 2.75) is 19.4 Å². The van der Waals surface area contributed by atoms with Crippen molar-refractivity contribution >= 4 is 17.5 Å². The lowest BCUT2D eigenvalue weighted by Gasteiger charge is -2.25. The Hall–Kier alpha value is -2.24. The molecule has 0 spiro atoms. The normalized spacial score (nSPS) is 13.7. The smallest absolute Gasteiger partial charge is 0.251 e. The molecule has 26 heavy (non-hydrogen) atoms. The van der Waals surface area contributed by atoms with Crippen molar-refractivity contribution in [3.63, 3.8) is 0 Å². The zero-order chi connectivity index (χ0) is 18.7. The highest BCUT2D eigenvalue weighted by Gasteiger charge is 2.21. The van der Waals surface area contributed by atoms with E-state index >= 15 is 0 Å². The predicted octanol–water partition coefficient (Wildman–Crippen LogP) is 3.66. The molecule has 0 saturated heterocycles. The number of rotatable bonds is 6. The van der Waals surface area contributed by atoms with E-state index in [0.717, 1.165) is 12.0 Å². The van der Waals surface area contributed by atoms with Gasteiger partial charge in [0.2, 0.25) is 6.79 Å². The molecule has 1 aliphatic rings. The second-order valence-electron chi connectivity index (χ2n) is 6.48. The molecule has 5 nitrogen and oxygen atoms in total. The minimum atomic E-state index is -0.192. The van der Waals surface area contributed by atoms with Crippen LogP contribution in [-0.2, 0) is 6.42 Å². The van der Waals surface area contributed by atoms with Crippen molar-refractivity contribution in [1.29, 1.82) is 0 Å². The van der Waals surface area contributed by atoms with E-state index < -0.39 is 0 Å². The Kier molecular flexibility index (Phi) is 5.69. The van der Waals surface area contributed by atoms with Gasteiger partial charge >= 0.3 is 0 Å². The molecule has 0 saturated carbocycles. The quantitative estimate of drug-likeness (QED) is 0.838. The number of nitrogens with zero attached hydrogens (tertiary/aromatic N) is 1. The Labute approximate surface area is 158 Å². The fourth-order valence-electron chi connectivity index (χ4n) is 2.96. The first-order valence-electron chi connectivity index (χ1n) is 8.62. The fourth-order valence-corrected chi connectivity index (χ4v) is 3.23. The van der Waals surface area contributed by atoms with E-state index in [1.165, 1.54) is 5.56 Å². The van der Waals surface area contributed by atoms with Crippen LogP contribution in [0.3, 0.4) is 0 Å². The van der Waals surface area contributed by atoms with Crippen molar-refractivity contribution < 1.29 is 14.3 Å². The van der Waals surface area contributed by atoms with Gasteiger partial charge in [-0.05, 0) is 43.8 Å². The van der Waals surface area contributed by atoms with Gasteiger partial charge in [-0.15, -0.1) is 0 Å². The fraction of sp³-hybridized carbons (Fsp3) is 0.350. The molecule has 0 aliphatic carbocycles. The Morgan fingerprint density at radius 1 is 1.23 bits per heavy atom. The summed E-state index contributed by atoms with van der Waals surface area (Å²) >= 11 is 6.16. The van der Waals surface area contributed by atoms with E-state index in [4.69, 9.17) is 21.1 Å². The highest BCUT2D eigenvalue weighted by Crippen LogP contribution is 2.39. The summed E-state index contributed by atoms with van der Waals surface area (Å²) in [5.41, 5.74) is 2.92. The molecule has 138 valence electrons. The molecular formula is C20H23ClN2O3. The molecule has 6 heteroatoms. The van der Waals surface area contributed by atoms with Gasteiger partial charge in [0.05, 0.1) is 11.1 Å². The van der Waals surface area contributed by atoms with Gasteiger partial charge in [0.15, 0.2) is 11.5 Å². The Morgan fingerprint density at radius 2 is 1.96 bits per heavy atom. The van der Waals surface area contributed by atoms with E-state index in [9.17, 15) is 4.79 Å². The van der Waals surface area contributed by atoms with Crippen LogP contribution < -0.4 is 14.8 Å². The number of hydrogen-bond donors (Lipinski definition) is 1. The van der Waals surface area contributed by atoms with E-state index in [1.54, 1.807) is 12.1 Å². The van der Waals surface area contributed by atoms with Crippen LogP contribution in [0.15, 0.2) is 36.4 Å². The van der Waals surface area contributed by atoms with Crippen molar-refractivity contribution in [1.82, 2.24) is 10.2 Å². The largest absolute Gasteiger partial charge is 0.454 e. The Morgan fingerprint density at radius 3 is 2.62 bits per heavy atom. The number of likely N-dealkylation sites (N-methyl/N-ethyl adjacent to an activating group) is 1. The van der Waals surface area contributed by atoms with Crippen LogP contribution >= 0.6 is 11.6 Å². The molecule has 0 radical (unpaired) electrons. The number of fused-ring (bicyclic) bond motifs is 1. The first kappa shape index (κ1) is 18.5.